The van der Waals surface area contributed by atoms with Crippen LogP contribution in [0.3, 0.4) is 0 Å². The number of ether oxygens (including phenoxy) is 1. The van der Waals surface area contributed by atoms with Crippen molar-refractivity contribution in [3.8, 4) is 0 Å². The molecule has 0 aromatic carbocycles. The molecule has 2 aliphatic rings. The van der Waals surface area contributed by atoms with Crippen molar-refractivity contribution in [2.24, 2.45) is 4.99 Å². The smallest absolute Gasteiger partial charge is 0.201 e. The Kier molecular flexibility index (Phi) is 1.59. The van der Waals surface area contributed by atoms with E-state index in [9.17, 15) is 0 Å². The van der Waals surface area contributed by atoms with Crippen LogP contribution in [-0.4, -0.2) is 31.6 Å². The maximum atomic E-state index is 5.32. The monoisotopic (exact) mass is 142 g/mol. The number of hydrogen-bond donors (Lipinski definition) is 1. The maximum absolute atomic E-state index is 5.32. The van der Waals surface area contributed by atoms with E-state index in [1.165, 1.54) is 12.8 Å². The van der Waals surface area contributed by atoms with Gasteiger partial charge in [0.2, 0.25) is 5.90 Å². The predicted octanol–water partition coefficient (Wildman–Crippen LogP) is 0.413. The molecular formula is C7H14N2O. The molecule has 1 N–H and O–H groups in total. The standard InChI is InChI=1S/C7H12N2O.H2/c1-2-6(8-3-1)7-9-4-5-10-7;/h6,8H,1-5H2;1H/t6-;/m0./s1. The second kappa shape index (κ2) is 2.58. The molecule has 0 saturated carbocycles. The summed E-state index contributed by atoms with van der Waals surface area (Å²) in [7, 11) is 0. The van der Waals surface area contributed by atoms with Crippen LogP contribution in [0.15, 0.2) is 4.99 Å². The topological polar surface area (TPSA) is 33.6 Å². The van der Waals surface area contributed by atoms with Gasteiger partial charge in [0.25, 0.3) is 0 Å². The lowest BCUT2D eigenvalue weighted by Crippen LogP contribution is -2.30. The number of nitrogens with zero attached hydrogens (tertiary/aromatic N) is 1. The summed E-state index contributed by atoms with van der Waals surface area (Å²) >= 11 is 0. The summed E-state index contributed by atoms with van der Waals surface area (Å²) in [6, 6.07) is 0.433. The SMILES string of the molecule is C1CN[C@H](C2=NCCO2)C1.[HH]. The van der Waals surface area contributed by atoms with Gasteiger partial charge in [0.1, 0.15) is 6.61 Å². The summed E-state index contributed by atoms with van der Waals surface area (Å²) < 4.78 is 5.32. The summed E-state index contributed by atoms with van der Waals surface area (Å²) in [6.07, 6.45) is 2.45. The second-order valence-corrected chi connectivity index (χ2v) is 2.72. The Morgan fingerprint density at radius 2 is 2.70 bits per heavy atom. The molecule has 1 atom stereocenters. The van der Waals surface area contributed by atoms with E-state index in [0.717, 1.165) is 25.6 Å². The quantitative estimate of drug-likeness (QED) is 0.575. The Labute approximate surface area is 62.0 Å². The Morgan fingerprint density at radius 1 is 1.70 bits per heavy atom. The molecule has 0 spiro atoms. The molecule has 2 heterocycles. The van der Waals surface area contributed by atoms with Crippen LogP contribution in [0.25, 0.3) is 0 Å². The van der Waals surface area contributed by atoms with Gasteiger partial charge >= 0.3 is 0 Å². The van der Waals surface area contributed by atoms with Crippen LogP contribution < -0.4 is 5.32 Å². The molecule has 2 aliphatic heterocycles. The molecule has 58 valence electrons. The average Bonchev–Trinajstić information content (AvgIpc) is 2.59. The van der Waals surface area contributed by atoms with Crippen LogP contribution >= 0.6 is 0 Å². The van der Waals surface area contributed by atoms with E-state index < -0.39 is 0 Å². The Hall–Kier alpha value is -0.570. The lowest BCUT2D eigenvalue weighted by Gasteiger charge is -2.08. The van der Waals surface area contributed by atoms with Crippen LogP contribution in [0.1, 0.15) is 14.3 Å². The first kappa shape index (κ1) is 6.16. The van der Waals surface area contributed by atoms with E-state index in [1.54, 1.807) is 0 Å². The highest BCUT2D eigenvalue weighted by Gasteiger charge is 2.23. The summed E-state index contributed by atoms with van der Waals surface area (Å²) in [5.41, 5.74) is 0. The second-order valence-electron chi connectivity index (χ2n) is 2.72. The van der Waals surface area contributed by atoms with Crippen LogP contribution in [0.4, 0.5) is 0 Å². The summed E-state index contributed by atoms with van der Waals surface area (Å²) in [4.78, 5) is 4.25. The maximum Gasteiger partial charge on any atom is 0.201 e. The van der Waals surface area contributed by atoms with E-state index in [2.05, 4.69) is 10.3 Å². The highest BCUT2D eigenvalue weighted by molar-refractivity contribution is 5.83. The zero-order chi connectivity index (χ0) is 6.81. The fourth-order valence-corrected chi connectivity index (χ4v) is 1.46. The van der Waals surface area contributed by atoms with Gasteiger partial charge in [-0.2, -0.15) is 0 Å². The van der Waals surface area contributed by atoms with Gasteiger partial charge in [-0.1, -0.05) is 0 Å². The van der Waals surface area contributed by atoms with Crippen molar-refractivity contribution in [1.29, 1.82) is 0 Å². The molecule has 0 aromatic heterocycles. The summed E-state index contributed by atoms with van der Waals surface area (Å²) in [6.45, 7) is 2.76. The lowest BCUT2D eigenvalue weighted by molar-refractivity contribution is 0.329. The van der Waals surface area contributed by atoms with E-state index in [4.69, 9.17) is 4.74 Å². The molecule has 0 aromatic rings. The van der Waals surface area contributed by atoms with E-state index >= 15 is 0 Å². The van der Waals surface area contributed by atoms with E-state index in [-0.39, 0.29) is 1.43 Å². The zero-order valence-electron chi connectivity index (χ0n) is 5.97. The normalized spacial score (nSPS) is 32.0. The van der Waals surface area contributed by atoms with Gasteiger partial charge in [-0.05, 0) is 19.4 Å². The fraction of sp³-hybridized carbons (Fsp3) is 0.857. The lowest BCUT2D eigenvalue weighted by atomic mass is 10.2. The van der Waals surface area contributed by atoms with Crippen LogP contribution in [0.5, 0.6) is 0 Å². The first-order chi connectivity index (χ1) is 4.97. The molecule has 0 aliphatic carbocycles. The van der Waals surface area contributed by atoms with Crippen molar-refractivity contribution in [1.82, 2.24) is 5.32 Å². The van der Waals surface area contributed by atoms with Crippen molar-refractivity contribution in [3.63, 3.8) is 0 Å². The Morgan fingerprint density at radius 3 is 3.30 bits per heavy atom. The molecule has 0 unspecified atom stereocenters. The van der Waals surface area contributed by atoms with Crippen molar-refractivity contribution in [2.45, 2.75) is 18.9 Å². The number of rotatable bonds is 1. The van der Waals surface area contributed by atoms with Gasteiger partial charge in [-0.3, -0.25) is 4.99 Å². The summed E-state index contributed by atoms with van der Waals surface area (Å²) in [5.74, 6) is 0.942. The molecule has 1 fully saturated rings. The van der Waals surface area contributed by atoms with Crippen molar-refractivity contribution >= 4 is 5.90 Å². The minimum Gasteiger partial charge on any atom is -0.478 e. The van der Waals surface area contributed by atoms with Gasteiger partial charge in [0, 0.05) is 1.43 Å². The molecule has 0 bridgehead atoms. The highest BCUT2D eigenvalue weighted by Crippen LogP contribution is 2.10. The number of aliphatic imine (C=N–C) groups is 1. The van der Waals surface area contributed by atoms with E-state index in [0.29, 0.717) is 6.04 Å². The highest BCUT2D eigenvalue weighted by atomic mass is 16.5. The molecule has 10 heavy (non-hydrogen) atoms. The van der Waals surface area contributed by atoms with Gasteiger partial charge in [0.15, 0.2) is 0 Å². The zero-order valence-corrected chi connectivity index (χ0v) is 5.97. The number of hydrogen-bond acceptors (Lipinski definition) is 3. The molecule has 3 heteroatoms. The van der Waals surface area contributed by atoms with Crippen LogP contribution in [0, 0.1) is 0 Å². The third-order valence-electron chi connectivity index (χ3n) is 1.97. The third kappa shape index (κ3) is 1.01. The first-order valence-electron chi connectivity index (χ1n) is 3.87. The van der Waals surface area contributed by atoms with Crippen molar-refractivity contribution in [3.05, 3.63) is 0 Å². The molecule has 1 saturated heterocycles. The van der Waals surface area contributed by atoms with Gasteiger partial charge in [-0.25, -0.2) is 0 Å². The molecule has 0 radical (unpaired) electrons. The molecular weight excluding hydrogens is 128 g/mol. The minimum atomic E-state index is 0. The fourth-order valence-electron chi connectivity index (χ4n) is 1.46. The summed E-state index contributed by atoms with van der Waals surface area (Å²) in [5, 5.41) is 3.34. The largest absolute Gasteiger partial charge is 0.478 e. The van der Waals surface area contributed by atoms with E-state index in [1.807, 2.05) is 0 Å². The van der Waals surface area contributed by atoms with Crippen LogP contribution in [-0.2, 0) is 4.74 Å². The van der Waals surface area contributed by atoms with Crippen LogP contribution in [0.2, 0.25) is 0 Å². The molecule has 0 amide bonds. The molecule has 2 rings (SSSR count). The Balaban J connectivity index is 0.000000605. The Bertz CT molecular complexity index is 155. The van der Waals surface area contributed by atoms with Gasteiger partial charge in [-0.15, -0.1) is 0 Å². The van der Waals surface area contributed by atoms with Crippen molar-refractivity contribution < 1.29 is 6.16 Å². The first-order valence-corrected chi connectivity index (χ1v) is 3.87. The number of nitrogens with one attached hydrogen (secondary N) is 1. The van der Waals surface area contributed by atoms with Crippen molar-refractivity contribution in [2.75, 3.05) is 19.7 Å². The minimum absolute atomic E-state index is 0. The predicted molar refractivity (Wildman–Crippen MR) is 41.4 cm³/mol. The van der Waals surface area contributed by atoms with Gasteiger partial charge in [0.05, 0.1) is 12.6 Å². The third-order valence-corrected chi connectivity index (χ3v) is 1.97. The average molecular weight is 142 g/mol. The molecule has 3 nitrogen and oxygen atoms in total. The van der Waals surface area contributed by atoms with Gasteiger partial charge < -0.3 is 10.1 Å².